The van der Waals surface area contributed by atoms with Gasteiger partial charge < -0.3 is 4.90 Å². The number of hydrogen-bond donors (Lipinski definition) is 0. The second kappa shape index (κ2) is 4.35. The van der Waals surface area contributed by atoms with Crippen LogP contribution in [-0.2, 0) is 4.79 Å². The third kappa shape index (κ3) is 2.07. The number of amides is 1. The fraction of sp³-hybridized carbons (Fsp3) is 0.750. The van der Waals surface area contributed by atoms with Crippen molar-refractivity contribution >= 4 is 5.91 Å². The lowest BCUT2D eigenvalue weighted by atomic mass is 10.1. The summed E-state index contributed by atoms with van der Waals surface area (Å²) in [6.07, 6.45) is 6.06. The molecule has 0 aliphatic carbocycles. The van der Waals surface area contributed by atoms with E-state index in [1.165, 1.54) is 19.4 Å². The third-order valence-corrected chi connectivity index (χ3v) is 3.53. The lowest BCUT2D eigenvalue weighted by Gasteiger charge is -2.41. The van der Waals surface area contributed by atoms with Crippen molar-refractivity contribution in [3.63, 3.8) is 0 Å². The SMILES string of the molecule is CC=CC(=O)N1CC2CCCN2CC1C. The molecule has 3 nitrogen and oxygen atoms in total. The Hall–Kier alpha value is -0.830. The van der Waals surface area contributed by atoms with Gasteiger partial charge in [-0.2, -0.15) is 0 Å². The van der Waals surface area contributed by atoms with Gasteiger partial charge in [-0.05, 0) is 39.3 Å². The van der Waals surface area contributed by atoms with Crippen LogP contribution in [0.1, 0.15) is 26.7 Å². The number of carbonyl (C=O) groups excluding carboxylic acids is 1. The zero-order valence-electron chi connectivity index (χ0n) is 9.65. The Balaban J connectivity index is 2.03. The summed E-state index contributed by atoms with van der Waals surface area (Å²) in [4.78, 5) is 16.4. The third-order valence-electron chi connectivity index (χ3n) is 3.53. The Kier molecular flexibility index (Phi) is 3.10. The highest BCUT2D eigenvalue weighted by atomic mass is 16.2. The van der Waals surface area contributed by atoms with Crippen LogP contribution in [0.4, 0.5) is 0 Å². The number of nitrogens with zero attached hydrogens (tertiary/aromatic N) is 2. The number of allylic oxidation sites excluding steroid dienone is 1. The minimum Gasteiger partial charge on any atom is -0.334 e. The highest BCUT2D eigenvalue weighted by molar-refractivity contribution is 5.87. The Bertz CT molecular complexity index is 275. The molecule has 2 unspecified atom stereocenters. The molecule has 2 aliphatic heterocycles. The largest absolute Gasteiger partial charge is 0.334 e. The molecule has 0 aromatic carbocycles. The molecule has 0 bridgehead atoms. The van der Waals surface area contributed by atoms with E-state index in [4.69, 9.17) is 0 Å². The maximum atomic E-state index is 11.8. The molecule has 2 rings (SSSR count). The first-order valence-corrected chi connectivity index (χ1v) is 5.89. The fourth-order valence-corrected chi connectivity index (χ4v) is 2.73. The van der Waals surface area contributed by atoms with Crippen LogP contribution in [0.15, 0.2) is 12.2 Å². The molecule has 0 N–H and O–H groups in total. The minimum atomic E-state index is 0.177. The molecule has 0 aromatic rings. The summed E-state index contributed by atoms with van der Waals surface area (Å²) in [6.45, 7) is 7.24. The standard InChI is InChI=1S/C12H20N2O/c1-3-5-12(15)14-9-11-6-4-7-13(11)8-10(14)2/h3,5,10-11H,4,6-9H2,1-2H3. The van der Waals surface area contributed by atoms with Gasteiger partial charge in [0.15, 0.2) is 0 Å². The van der Waals surface area contributed by atoms with E-state index in [9.17, 15) is 4.79 Å². The lowest BCUT2D eigenvalue weighted by molar-refractivity contribution is -0.131. The van der Waals surface area contributed by atoms with E-state index in [0.29, 0.717) is 12.1 Å². The molecular formula is C12H20N2O. The van der Waals surface area contributed by atoms with Crippen molar-refractivity contribution in [2.75, 3.05) is 19.6 Å². The van der Waals surface area contributed by atoms with Gasteiger partial charge in [0.25, 0.3) is 0 Å². The zero-order valence-corrected chi connectivity index (χ0v) is 9.65. The van der Waals surface area contributed by atoms with Crippen molar-refractivity contribution in [1.82, 2.24) is 9.80 Å². The van der Waals surface area contributed by atoms with Crippen molar-refractivity contribution in [1.29, 1.82) is 0 Å². The first kappa shape index (κ1) is 10.7. The summed E-state index contributed by atoms with van der Waals surface area (Å²) in [5.74, 6) is 0.177. The van der Waals surface area contributed by atoms with E-state index in [1.54, 1.807) is 6.08 Å². The summed E-state index contributed by atoms with van der Waals surface area (Å²) in [6, 6.07) is 0.985. The first-order valence-electron chi connectivity index (χ1n) is 5.89. The predicted molar refractivity (Wildman–Crippen MR) is 60.6 cm³/mol. The molecule has 3 heteroatoms. The lowest BCUT2D eigenvalue weighted by Crippen LogP contribution is -2.56. The van der Waals surface area contributed by atoms with Crippen LogP contribution in [0.5, 0.6) is 0 Å². The number of piperazine rings is 1. The van der Waals surface area contributed by atoms with E-state index in [1.807, 2.05) is 17.9 Å². The maximum Gasteiger partial charge on any atom is 0.246 e. The molecule has 0 saturated carbocycles. The molecule has 84 valence electrons. The second-order valence-corrected chi connectivity index (χ2v) is 4.63. The van der Waals surface area contributed by atoms with Crippen molar-refractivity contribution < 1.29 is 4.79 Å². The number of fused-ring (bicyclic) bond motifs is 1. The Morgan fingerprint density at radius 3 is 2.93 bits per heavy atom. The van der Waals surface area contributed by atoms with Gasteiger partial charge in [-0.15, -0.1) is 0 Å². The zero-order chi connectivity index (χ0) is 10.8. The van der Waals surface area contributed by atoms with Crippen LogP contribution in [0.2, 0.25) is 0 Å². The normalized spacial score (nSPS) is 32.3. The molecule has 2 aliphatic rings. The van der Waals surface area contributed by atoms with E-state index in [0.717, 1.165) is 13.1 Å². The molecule has 15 heavy (non-hydrogen) atoms. The topological polar surface area (TPSA) is 23.6 Å². The van der Waals surface area contributed by atoms with Gasteiger partial charge >= 0.3 is 0 Å². The number of hydrogen-bond acceptors (Lipinski definition) is 2. The van der Waals surface area contributed by atoms with Gasteiger partial charge in [-0.3, -0.25) is 9.69 Å². The average molecular weight is 208 g/mol. The predicted octanol–water partition coefficient (Wildman–Crippen LogP) is 1.26. The molecule has 2 saturated heterocycles. The molecule has 1 amide bonds. The van der Waals surface area contributed by atoms with Gasteiger partial charge in [0.2, 0.25) is 5.91 Å². The van der Waals surface area contributed by atoms with Crippen LogP contribution in [0.25, 0.3) is 0 Å². The molecule has 0 radical (unpaired) electrons. The quantitative estimate of drug-likeness (QED) is 0.606. The Labute approximate surface area is 91.7 Å². The van der Waals surface area contributed by atoms with Gasteiger partial charge in [-0.1, -0.05) is 6.08 Å². The van der Waals surface area contributed by atoms with Crippen LogP contribution >= 0.6 is 0 Å². The molecule has 0 spiro atoms. The molecule has 2 heterocycles. The maximum absolute atomic E-state index is 11.8. The first-order chi connectivity index (χ1) is 7.22. The van der Waals surface area contributed by atoms with Gasteiger partial charge in [-0.25, -0.2) is 0 Å². The Morgan fingerprint density at radius 1 is 1.40 bits per heavy atom. The highest BCUT2D eigenvalue weighted by Gasteiger charge is 2.35. The van der Waals surface area contributed by atoms with Crippen molar-refractivity contribution in [2.24, 2.45) is 0 Å². The average Bonchev–Trinajstić information content (AvgIpc) is 2.63. The minimum absolute atomic E-state index is 0.177. The van der Waals surface area contributed by atoms with E-state index < -0.39 is 0 Å². The van der Waals surface area contributed by atoms with Gasteiger partial charge in [0, 0.05) is 25.2 Å². The van der Waals surface area contributed by atoms with Crippen molar-refractivity contribution in [3.8, 4) is 0 Å². The summed E-state index contributed by atoms with van der Waals surface area (Å²) < 4.78 is 0. The molecule has 0 aromatic heterocycles. The van der Waals surface area contributed by atoms with Crippen LogP contribution in [-0.4, -0.2) is 47.4 Å². The number of rotatable bonds is 1. The highest BCUT2D eigenvalue weighted by Crippen LogP contribution is 2.24. The monoisotopic (exact) mass is 208 g/mol. The van der Waals surface area contributed by atoms with E-state index in [-0.39, 0.29) is 5.91 Å². The van der Waals surface area contributed by atoms with Crippen molar-refractivity contribution in [2.45, 2.75) is 38.8 Å². The molecule has 2 atom stereocenters. The fourth-order valence-electron chi connectivity index (χ4n) is 2.73. The van der Waals surface area contributed by atoms with E-state index in [2.05, 4.69) is 11.8 Å². The summed E-state index contributed by atoms with van der Waals surface area (Å²) in [7, 11) is 0. The molecule has 2 fully saturated rings. The van der Waals surface area contributed by atoms with E-state index >= 15 is 0 Å². The molecular weight excluding hydrogens is 188 g/mol. The smallest absolute Gasteiger partial charge is 0.246 e. The summed E-state index contributed by atoms with van der Waals surface area (Å²) in [5, 5.41) is 0. The van der Waals surface area contributed by atoms with Crippen LogP contribution in [0.3, 0.4) is 0 Å². The van der Waals surface area contributed by atoms with Crippen LogP contribution < -0.4 is 0 Å². The summed E-state index contributed by atoms with van der Waals surface area (Å²) >= 11 is 0. The van der Waals surface area contributed by atoms with Crippen LogP contribution in [0, 0.1) is 0 Å². The van der Waals surface area contributed by atoms with Gasteiger partial charge in [0.1, 0.15) is 0 Å². The van der Waals surface area contributed by atoms with Crippen molar-refractivity contribution in [3.05, 3.63) is 12.2 Å². The second-order valence-electron chi connectivity index (χ2n) is 4.63. The Morgan fingerprint density at radius 2 is 2.20 bits per heavy atom. The number of carbonyl (C=O) groups is 1. The van der Waals surface area contributed by atoms with Gasteiger partial charge in [0.05, 0.1) is 0 Å². The summed E-state index contributed by atoms with van der Waals surface area (Å²) in [5.41, 5.74) is 0.